The smallest absolute Gasteiger partial charge is 0.242 e. The number of aryl methyl sites for hydroxylation is 2. The molecule has 1 aromatic heterocycles. The second-order valence-electron chi connectivity index (χ2n) is 10.7. The van der Waals surface area contributed by atoms with E-state index in [0.29, 0.717) is 30.8 Å². The van der Waals surface area contributed by atoms with E-state index in [-0.39, 0.29) is 30.9 Å². The summed E-state index contributed by atoms with van der Waals surface area (Å²) in [7, 11) is 3.50. The predicted octanol–water partition coefficient (Wildman–Crippen LogP) is 2.91. The van der Waals surface area contributed by atoms with Crippen molar-refractivity contribution in [3.63, 3.8) is 0 Å². The molecule has 0 saturated heterocycles. The number of aromatic nitrogens is 2. The normalized spacial score (nSPS) is 14.2. The molecule has 1 atom stereocenters. The van der Waals surface area contributed by atoms with Crippen LogP contribution in [0.4, 0.5) is 5.69 Å². The van der Waals surface area contributed by atoms with Crippen LogP contribution in [0.1, 0.15) is 36.4 Å². The molecule has 2 aromatic carbocycles. The molecule has 1 aliphatic rings. The maximum Gasteiger partial charge on any atom is 0.242 e. The molecule has 0 bridgehead atoms. The zero-order valence-electron chi connectivity index (χ0n) is 24.3. The summed E-state index contributed by atoms with van der Waals surface area (Å²) in [6.07, 6.45) is 1.56. The van der Waals surface area contributed by atoms with Gasteiger partial charge in [0, 0.05) is 50.4 Å². The SMILES string of the molecule is COc1ccc2c(c1)CC(N(C)C(=O)CN(CC(=O)NCCNC(C)C)c1cc(-c3noc(C)n3)ccc1C)C2. The van der Waals surface area contributed by atoms with Crippen molar-refractivity contribution in [2.75, 3.05) is 45.2 Å². The lowest BCUT2D eigenvalue weighted by Crippen LogP contribution is -2.47. The highest BCUT2D eigenvalue weighted by Gasteiger charge is 2.29. The summed E-state index contributed by atoms with van der Waals surface area (Å²) >= 11 is 0. The fraction of sp³-hybridized carbons (Fsp3) is 0.467. The first kappa shape index (κ1) is 29.1. The van der Waals surface area contributed by atoms with Gasteiger partial charge in [0.1, 0.15) is 5.75 Å². The lowest BCUT2D eigenvalue weighted by atomic mass is 10.1. The highest BCUT2D eigenvalue weighted by atomic mass is 16.5. The van der Waals surface area contributed by atoms with E-state index in [9.17, 15) is 9.59 Å². The van der Waals surface area contributed by atoms with Gasteiger partial charge in [-0.25, -0.2) is 0 Å². The summed E-state index contributed by atoms with van der Waals surface area (Å²) < 4.78 is 10.5. The van der Waals surface area contributed by atoms with Gasteiger partial charge in [-0.3, -0.25) is 9.59 Å². The van der Waals surface area contributed by atoms with E-state index in [1.54, 1.807) is 14.0 Å². The van der Waals surface area contributed by atoms with Crippen molar-refractivity contribution in [3.05, 3.63) is 59.0 Å². The van der Waals surface area contributed by atoms with Crippen LogP contribution >= 0.6 is 0 Å². The van der Waals surface area contributed by atoms with E-state index in [1.807, 2.05) is 54.1 Å². The Kier molecular flexibility index (Phi) is 9.42. The van der Waals surface area contributed by atoms with Crippen LogP contribution in [-0.2, 0) is 22.4 Å². The molecule has 0 aliphatic heterocycles. The molecular weight excluding hydrogens is 508 g/mol. The van der Waals surface area contributed by atoms with Crippen LogP contribution < -0.4 is 20.3 Å². The Bertz CT molecular complexity index is 1340. The van der Waals surface area contributed by atoms with Crippen molar-refractivity contribution in [1.82, 2.24) is 25.7 Å². The molecule has 3 aromatic rings. The summed E-state index contributed by atoms with van der Waals surface area (Å²) in [4.78, 5) is 34.6. The van der Waals surface area contributed by atoms with Crippen molar-refractivity contribution in [3.8, 4) is 17.1 Å². The standard InChI is InChI=1S/C30H40N6O4/c1-19(2)31-11-12-32-28(37)17-36(27-16-23(8-7-20(27)3)30-33-21(4)40-34-30)18-29(38)35(5)25-13-22-9-10-26(39-6)15-24(22)14-25/h7-10,15-16,19,25,31H,11-14,17-18H2,1-6H3,(H,32,37). The average molecular weight is 549 g/mol. The zero-order chi connectivity index (χ0) is 28.8. The van der Waals surface area contributed by atoms with E-state index in [4.69, 9.17) is 9.26 Å². The van der Waals surface area contributed by atoms with E-state index in [1.165, 1.54) is 11.1 Å². The highest BCUT2D eigenvalue weighted by molar-refractivity contribution is 5.87. The summed E-state index contributed by atoms with van der Waals surface area (Å²) in [5.41, 5.74) is 4.90. The minimum atomic E-state index is -0.151. The fourth-order valence-corrected chi connectivity index (χ4v) is 4.97. The van der Waals surface area contributed by atoms with Crippen molar-refractivity contribution in [2.24, 2.45) is 0 Å². The van der Waals surface area contributed by atoms with Crippen molar-refractivity contribution >= 4 is 17.5 Å². The summed E-state index contributed by atoms with van der Waals surface area (Å²) in [6.45, 7) is 9.10. The minimum Gasteiger partial charge on any atom is -0.497 e. The summed E-state index contributed by atoms with van der Waals surface area (Å²) in [6, 6.07) is 12.2. The molecule has 10 nitrogen and oxygen atoms in total. The number of fused-ring (bicyclic) bond motifs is 1. The van der Waals surface area contributed by atoms with E-state index in [0.717, 1.165) is 35.4 Å². The topological polar surface area (TPSA) is 113 Å². The first-order valence-electron chi connectivity index (χ1n) is 13.7. The number of methoxy groups -OCH3 is 1. The second-order valence-corrected chi connectivity index (χ2v) is 10.7. The van der Waals surface area contributed by atoms with Crippen LogP contribution in [0.3, 0.4) is 0 Å². The number of anilines is 1. The van der Waals surface area contributed by atoms with Crippen LogP contribution in [0, 0.1) is 13.8 Å². The van der Waals surface area contributed by atoms with Gasteiger partial charge in [-0.2, -0.15) is 4.98 Å². The fourth-order valence-electron chi connectivity index (χ4n) is 4.97. The number of nitrogens with zero attached hydrogens (tertiary/aromatic N) is 4. The highest BCUT2D eigenvalue weighted by Crippen LogP contribution is 2.30. The molecule has 0 radical (unpaired) electrons. The van der Waals surface area contributed by atoms with Crippen LogP contribution in [0.5, 0.6) is 5.75 Å². The van der Waals surface area contributed by atoms with Gasteiger partial charge in [0.15, 0.2) is 0 Å². The maximum atomic E-state index is 13.7. The van der Waals surface area contributed by atoms with Crippen LogP contribution in [0.15, 0.2) is 40.9 Å². The van der Waals surface area contributed by atoms with Crippen LogP contribution in [0.2, 0.25) is 0 Å². The molecule has 4 rings (SSSR count). The Morgan fingerprint density at radius 2 is 1.85 bits per heavy atom. The molecule has 40 heavy (non-hydrogen) atoms. The first-order valence-corrected chi connectivity index (χ1v) is 13.7. The van der Waals surface area contributed by atoms with E-state index >= 15 is 0 Å². The van der Waals surface area contributed by atoms with Crippen molar-refractivity contribution in [2.45, 2.75) is 52.6 Å². The third-order valence-corrected chi connectivity index (χ3v) is 7.26. The molecule has 1 unspecified atom stereocenters. The molecule has 1 aliphatic carbocycles. The van der Waals surface area contributed by atoms with Crippen LogP contribution in [0.25, 0.3) is 11.4 Å². The molecule has 2 N–H and O–H groups in total. The Balaban J connectivity index is 1.52. The number of ether oxygens (including phenoxy) is 1. The Hall–Kier alpha value is -3.92. The third kappa shape index (κ3) is 7.18. The minimum absolute atomic E-state index is 0.0406. The number of benzene rings is 2. The largest absolute Gasteiger partial charge is 0.497 e. The van der Waals surface area contributed by atoms with E-state index in [2.05, 4.69) is 40.7 Å². The number of carbonyl (C=O) groups is 2. The quantitative estimate of drug-likeness (QED) is 0.332. The number of nitrogens with one attached hydrogen (secondary N) is 2. The Morgan fingerprint density at radius 3 is 2.55 bits per heavy atom. The second kappa shape index (κ2) is 13.0. The number of hydrogen-bond acceptors (Lipinski definition) is 8. The summed E-state index contributed by atoms with van der Waals surface area (Å²) in [5.74, 6) is 1.54. The lowest BCUT2D eigenvalue weighted by Gasteiger charge is -2.30. The predicted molar refractivity (Wildman–Crippen MR) is 155 cm³/mol. The number of likely N-dealkylation sites (N-methyl/N-ethyl adjacent to an activating group) is 1. The molecule has 214 valence electrons. The van der Waals surface area contributed by atoms with Gasteiger partial charge >= 0.3 is 0 Å². The number of rotatable bonds is 12. The van der Waals surface area contributed by atoms with Gasteiger partial charge in [0.05, 0.1) is 20.2 Å². The molecule has 0 fully saturated rings. The molecule has 2 amide bonds. The lowest BCUT2D eigenvalue weighted by molar-refractivity contribution is -0.130. The van der Waals surface area contributed by atoms with Gasteiger partial charge in [0.2, 0.25) is 23.5 Å². The van der Waals surface area contributed by atoms with Crippen molar-refractivity contribution in [1.29, 1.82) is 0 Å². The monoisotopic (exact) mass is 548 g/mol. The first-order chi connectivity index (χ1) is 19.1. The molecule has 1 heterocycles. The number of carbonyl (C=O) groups excluding carboxylic acids is 2. The van der Waals surface area contributed by atoms with Gasteiger partial charge < -0.3 is 29.7 Å². The third-order valence-electron chi connectivity index (χ3n) is 7.26. The van der Waals surface area contributed by atoms with Gasteiger partial charge in [-0.15, -0.1) is 0 Å². The number of hydrogen-bond donors (Lipinski definition) is 2. The van der Waals surface area contributed by atoms with E-state index < -0.39 is 0 Å². The van der Waals surface area contributed by atoms with Crippen molar-refractivity contribution < 1.29 is 18.8 Å². The average Bonchev–Trinajstić information content (AvgIpc) is 3.56. The van der Waals surface area contributed by atoms with Gasteiger partial charge in [-0.1, -0.05) is 37.2 Å². The molecule has 10 heteroatoms. The summed E-state index contributed by atoms with van der Waals surface area (Å²) in [5, 5.41) is 10.3. The number of amides is 2. The Labute approximate surface area is 236 Å². The molecule has 0 saturated carbocycles. The molecular formula is C30H40N6O4. The zero-order valence-corrected chi connectivity index (χ0v) is 24.3. The maximum absolute atomic E-state index is 13.7. The molecule has 0 spiro atoms. The van der Waals surface area contributed by atoms with Crippen LogP contribution in [-0.4, -0.2) is 79.3 Å². The Morgan fingerprint density at radius 1 is 1.07 bits per heavy atom. The van der Waals surface area contributed by atoms with Gasteiger partial charge in [-0.05, 0) is 54.7 Å². The van der Waals surface area contributed by atoms with Gasteiger partial charge in [0.25, 0.3) is 0 Å².